The molecule has 0 unspecified atom stereocenters. The van der Waals surface area contributed by atoms with Crippen LogP contribution in [0.4, 0.5) is 0 Å². The van der Waals surface area contributed by atoms with Crippen molar-refractivity contribution in [2.45, 2.75) is 23.2 Å². The normalized spacial score (nSPS) is 16.7. The van der Waals surface area contributed by atoms with Gasteiger partial charge in [0.1, 0.15) is 0 Å². The van der Waals surface area contributed by atoms with E-state index in [1.54, 1.807) is 29.2 Å². The smallest absolute Gasteiger partial charge is 0.314 e. The Morgan fingerprint density at radius 1 is 1.00 bits per heavy atom. The lowest BCUT2D eigenvalue weighted by atomic mass is 9.73. The predicted molar refractivity (Wildman–Crippen MR) is 100 cm³/mol. The molecule has 0 aromatic heterocycles. The van der Waals surface area contributed by atoms with E-state index in [1.165, 1.54) is 12.1 Å². The number of rotatable bonds is 4. The Hall–Kier alpha value is -2.67. The zero-order valence-corrected chi connectivity index (χ0v) is 15.8. The molecule has 6 nitrogen and oxygen atoms in total. The largest absolute Gasteiger partial charge is 0.481 e. The van der Waals surface area contributed by atoms with E-state index in [2.05, 4.69) is 0 Å². The summed E-state index contributed by atoms with van der Waals surface area (Å²) in [4.78, 5) is 26.5. The minimum absolute atomic E-state index is 0.0922. The highest BCUT2D eigenvalue weighted by Gasteiger charge is 2.43. The number of benzene rings is 2. The lowest BCUT2D eigenvalue weighted by Gasteiger charge is -2.39. The molecule has 1 heterocycles. The minimum Gasteiger partial charge on any atom is -0.481 e. The highest BCUT2D eigenvalue weighted by Crippen LogP contribution is 2.36. The molecule has 7 heteroatoms. The molecule has 0 aliphatic carbocycles. The minimum atomic E-state index is -3.40. The first kappa shape index (κ1) is 19.1. The number of sulfone groups is 1. The molecule has 1 aliphatic rings. The van der Waals surface area contributed by atoms with Crippen LogP contribution in [0.25, 0.3) is 0 Å². The Kier molecular flexibility index (Phi) is 5.06. The van der Waals surface area contributed by atoms with Gasteiger partial charge in [0, 0.05) is 24.9 Å². The quantitative estimate of drug-likeness (QED) is 0.869. The second kappa shape index (κ2) is 7.15. The van der Waals surface area contributed by atoms with Crippen LogP contribution in [0, 0.1) is 0 Å². The third-order valence-electron chi connectivity index (χ3n) is 5.15. The number of hydrogen-bond acceptors (Lipinski definition) is 4. The molecule has 2 aromatic rings. The monoisotopic (exact) mass is 387 g/mol. The number of aliphatic carboxylic acids is 1. The number of likely N-dealkylation sites (tertiary alicyclic amines) is 1. The molecular weight excluding hydrogens is 366 g/mol. The van der Waals surface area contributed by atoms with E-state index in [-0.39, 0.29) is 10.8 Å². The maximum atomic E-state index is 12.8. The fraction of sp³-hybridized carbons (Fsp3) is 0.300. The SMILES string of the molecule is CS(=O)(=O)c1cccc(C(=O)N2CCC(C(=O)O)(c3ccccc3)CC2)c1. The van der Waals surface area contributed by atoms with Crippen LogP contribution in [0.15, 0.2) is 59.5 Å². The zero-order valence-electron chi connectivity index (χ0n) is 15.0. The summed E-state index contributed by atoms with van der Waals surface area (Å²) in [7, 11) is -3.40. The highest BCUT2D eigenvalue weighted by molar-refractivity contribution is 7.90. The molecule has 0 saturated carbocycles. The van der Waals surface area contributed by atoms with E-state index in [4.69, 9.17) is 0 Å². The van der Waals surface area contributed by atoms with Crippen molar-refractivity contribution in [1.29, 1.82) is 0 Å². The van der Waals surface area contributed by atoms with Gasteiger partial charge in [0.25, 0.3) is 5.91 Å². The molecule has 2 aromatic carbocycles. The number of amides is 1. The summed E-state index contributed by atoms with van der Waals surface area (Å²) < 4.78 is 23.4. The van der Waals surface area contributed by atoms with Crippen molar-refractivity contribution in [3.8, 4) is 0 Å². The van der Waals surface area contributed by atoms with Crippen LogP contribution in [0.5, 0.6) is 0 Å². The Balaban J connectivity index is 1.81. The molecule has 0 radical (unpaired) electrons. The first-order valence-electron chi connectivity index (χ1n) is 8.62. The predicted octanol–water partition coefficient (Wildman–Crippen LogP) is 2.35. The van der Waals surface area contributed by atoms with Gasteiger partial charge in [-0.15, -0.1) is 0 Å². The lowest BCUT2D eigenvalue weighted by molar-refractivity contribution is -0.145. The maximum absolute atomic E-state index is 12.8. The van der Waals surface area contributed by atoms with E-state index < -0.39 is 21.2 Å². The van der Waals surface area contributed by atoms with Gasteiger partial charge >= 0.3 is 5.97 Å². The van der Waals surface area contributed by atoms with Crippen molar-refractivity contribution in [3.05, 3.63) is 65.7 Å². The number of carboxylic acids is 1. The summed E-state index contributed by atoms with van der Waals surface area (Å²) in [6.45, 7) is 0.590. The van der Waals surface area contributed by atoms with E-state index in [0.29, 0.717) is 31.5 Å². The number of piperidine rings is 1. The Morgan fingerprint density at radius 3 is 2.19 bits per heavy atom. The molecule has 0 bridgehead atoms. The highest BCUT2D eigenvalue weighted by atomic mass is 32.2. The second-order valence-electron chi connectivity index (χ2n) is 6.85. The number of hydrogen-bond donors (Lipinski definition) is 1. The average molecular weight is 387 g/mol. The van der Waals surface area contributed by atoms with Crippen molar-refractivity contribution in [2.75, 3.05) is 19.3 Å². The number of carboxylic acid groups (broad SMARTS) is 1. The molecule has 0 atom stereocenters. The summed E-state index contributed by atoms with van der Waals surface area (Å²) in [5.74, 6) is -1.17. The van der Waals surface area contributed by atoms with E-state index in [0.717, 1.165) is 11.8 Å². The van der Waals surface area contributed by atoms with Crippen molar-refractivity contribution in [2.24, 2.45) is 0 Å². The third-order valence-corrected chi connectivity index (χ3v) is 6.26. The van der Waals surface area contributed by atoms with Gasteiger partial charge in [-0.1, -0.05) is 36.4 Å². The summed E-state index contributed by atoms with van der Waals surface area (Å²) in [5, 5.41) is 9.84. The van der Waals surface area contributed by atoms with Gasteiger partial charge in [-0.25, -0.2) is 8.42 Å². The number of carbonyl (C=O) groups excluding carboxylic acids is 1. The maximum Gasteiger partial charge on any atom is 0.314 e. The van der Waals surface area contributed by atoms with E-state index in [1.807, 2.05) is 18.2 Å². The summed E-state index contributed by atoms with van der Waals surface area (Å²) >= 11 is 0. The summed E-state index contributed by atoms with van der Waals surface area (Å²) in [5.41, 5.74) is 0.0243. The second-order valence-corrected chi connectivity index (χ2v) is 8.86. The molecular formula is C20H21NO5S. The fourth-order valence-corrected chi connectivity index (χ4v) is 4.18. The van der Waals surface area contributed by atoms with Crippen molar-refractivity contribution >= 4 is 21.7 Å². The van der Waals surface area contributed by atoms with Gasteiger partial charge in [0.05, 0.1) is 10.3 Å². The molecule has 1 saturated heterocycles. The fourth-order valence-electron chi connectivity index (χ4n) is 3.52. The molecule has 142 valence electrons. The molecule has 3 rings (SSSR count). The van der Waals surface area contributed by atoms with Crippen molar-refractivity contribution in [3.63, 3.8) is 0 Å². The van der Waals surface area contributed by atoms with Crippen LogP contribution in [0.2, 0.25) is 0 Å². The van der Waals surface area contributed by atoms with Gasteiger partial charge < -0.3 is 10.0 Å². The van der Waals surface area contributed by atoms with E-state index in [9.17, 15) is 23.1 Å². The van der Waals surface area contributed by atoms with Crippen molar-refractivity contribution in [1.82, 2.24) is 4.90 Å². The van der Waals surface area contributed by atoms with Gasteiger partial charge in [-0.2, -0.15) is 0 Å². The molecule has 1 amide bonds. The molecule has 1 fully saturated rings. The standard InChI is InChI=1S/C20H21NO5S/c1-27(25,26)17-9-5-6-15(14-17)18(22)21-12-10-20(11-13-21,19(23)24)16-7-3-2-4-8-16/h2-9,14H,10-13H2,1H3,(H,23,24). The molecule has 1 aliphatic heterocycles. The number of carbonyl (C=O) groups is 2. The summed E-state index contributed by atoms with van der Waals surface area (Å²) in [6, 6.07) is 15.0. The van der Waals surface area contributed by atoms with Gasteiger partial charge in [0.15, 0.2) is 9.84 Å². The van der Waals surface area contributed by atoms with Crippen molar-refractivity contribution < 1.29 is 23.1 Å². The van der Waals surface area contributed by atoms with Crippen LogP contribution in [0.3, 0.4) is 0 Å². The van der Waals surface area contributed by atoms with E-state index >= 15 is 0 Å². The molecule has 0 spiro atoms. The first-order chi connectivity index (χ1) is 12.7. The average Bonchev–Trinajstić information content (AvgIpc) is 2.67. The zero-order chi connectivity index (χ0) is 19.7. The lowest BCUT2D eigenvalue weighted by Crippen LogP contribution is -2.49. The Bertz CT molecular complexity index is 961. The van der Waals surface area contributed by atoms with Crippen LogP contribution in [-0.4, -0.2) is 49.6 Å². The topological polar surface area (TPSA) is 91.8 Å². The molecule has 27 heavy (non-hydrogen) atoms. The van der Waals surface area contributed by atoms with Crippen LogP contribution >= 0.6 is 0 Å². The first-order valence-corrected chi connectivity index (χ1v) is 10.5. The molecule has 1 N–H and O–H groups in total. The third kappa shape index (κ3) is 3.73. The van der Waals surface area contributed by atoms with Gasteiger partial charge in [-0.05, 0) is 36.6 Å². The van der Waals surface area contributed by atoms with Crippen LogP contribution < -0.4 is 0 Å². The Labute approximate surface area is 158 Å². The van der Waals surface area contributed by atoms with Crippen LogP contribution in [0.1, 0.15) is 28.8 Å². The van der Waals surface area contributed by atoms with Gasteiger partial charge in [-0.3, -0.25) is 9.59 Å². The number of nitrogens with zero attached hydrogens (tertiary/aromatic N) is 1. The summed E-state index contributed by atoms with van der Waals surface area (Å²) in [6.07, 6.45) is 1.71. The Morgan fingerprint density at radius 2 is 1.63 bits per heavy atom. The van der Waals surface area contributed by atoms with Gasteiger partial charge in [0.2, 0.25) is 0 Å². The van der Waals surface area contributed by atoms with Crippen LogP contribution in [-0.2, 0) is 20.0 Å².